The molecule has 0 saturated carbocycles. The molecule has 0 fully saturated rings. The smallest absolute Gasteiger partial charge is 0.323 e. The molecule has 0 aliphatic heterocycles. The molecule has 0 saturated heterocycles. The average molecular weight is 249 g/mol. The van der Waals surface area contributed by atoms with Crippen LogP contribution in [-0.4, -0.2) is 35.1 Å². The summed E-state index contributed by atoms with van der Waals surface area (Å²) < 4.78 is 0. The Hall–Kier alpha value is -1.35. The number of nitrogens with zero attached hydrogens (tertiary/aromatic N) is 1. The maximum atomic E-state index is 11.2. The zero-order valence-corrected chi connectivity index (χ0v) is 11.9. The highest BCUT2D eigenvalue weighted by Gasteiger charge is 2.31. The number of likely N-dealkylation sites (N-methyl/N-ethyl adjacent to an activating group) is 1. The molecule has 0 spiro atoms. The van der Waals surface area contributed by atoms with Gasteiger partial charge in [-0.15, -0.1) is 0 Å². The van der Waals surface area contributed by atoms with Crippen LogP contribution >= 0.6 is 0 Å². The Kier molecular flexibility index (Phi) is 4.52. The molecule has 3 heteroatoms. The molecule has 0 radical (unpaired) electrons. The van der Waals surface area contributed by atoms with E-state index in [-0.39, 0.29) is 0 Å². The third kappa shape index (κ3) is 3.33. The number of aliphatic carboxylic acids is 1. The maximum Gasteiger partial charge on any atom is 0.323 e. The highest BCUT2D eigenvalue weighted by atomic mass is 16.4. The quantitative estimate of drug-likeness (QED) is 0.872. The Bertz CT molecular complexity index is 438. The first kappa shape index (κ1) is 14.7. The monoisotopic (exact) mass is 249 g/mol. The van der Waals surface area contributed by atoms with Crippen LogP contribution < -0.4 is 0 Å². The van der Waals surface area contributed by atoms with E-state index in [1.165, 1.54) is 16.7 Å². The third-order valence-corrected chi connectivity index (χ3v) is 3.70. The SMILES string of the molecule is Cc1ccc(C)c(CCN(C)C(C)(C)C(=O)O)c1. The van der Waals surface area contributed by atoms with Gasteiger partial charge in [0.2, 0.25) is 0 Å². The highest BCUT2D eigenvalue weighted by Crippen LogP contribution is 2.16. The first-order chi connectivity index (χ1) is 8.25. The van der Waals surface area contributed by atoms with Gasteiger partial charge in [-0.3, -0.25) is 9.69 Å². The lowest BCUT2D eigenvalue weighted by Crippen LogP contribution is -2.48. The second-order valence-electron chi connectivity index (χ2n) is 5.47. The van der Waals surface area contributed by atoms with E-state index >= 15 is 0 Å². The molecule has 0 aliphatic rings. The summed E-state index contributed by atoms with van der Waals surface area (Å²) in [7, 11) is 1.86. The van der Waals surface area contributed by atoms with Crippen molar-refractivity contribution in [3.8, 4) is 0 Å². The Morgan fingerprint density at radius 1 is 1.33 bits per heavy atom. The molecular formula is C15H23NO2. The van der Waals surface area contributed by atoms with Crippen LogP contribution in [0.5, 0.6) is 0 Å². The van der Waals surface area contributed by atoms with Gasteiger partial charge in [0.05, 0.1) is 0 Å². The summed E-state index contributed by atoms with van der Waals surface area (Å²) in [6.07, 6.45) is 0.876. The van der Waals surface area contributed by atoms with Gasteiger partial charge in [-0.05, 0) is 52.3 Å². The minimum Gasteiger partial charge on any atom is -0.480 e. The first-order valence-corrected chi connectivity index (χ1v) is 6.26. The van der Waals surface area contributed by atoms with Crippen LogP contribution in [0, 0.1) is 13.8 Å². The van der Waals surface area contributed by atoms with Gasteiger partial charge in [-0.1, -0.05) is 23.8 Å². The molecule has 0 atom stereocenters. The predicted molar refractivity (Wildman–Crippen MR) is 74.0 cm³/mol. The Labute approximate surface area is 109 Å². The normalized spacial score (nSPS) is 11.9. The molecule has 3 nitrogen and oxygen atoms in total. The Balaban J connectivity index is 2.71. The topological polar surface area (TPSA) is 40.5 Å². The Morgan fingerprint density at radius 2 is 1.94 bits per heavy atom. The number of benzene rings is 1. The predicted octanol–water partition coefficient (Wildman–Crippen LogP) is 2.64. The lowest BCUT2D eigenvalue weighted by molar-refractivity contribution is -0.148. The van der Waals surface area contributed by atoms with E-state index in [0.717, 1.165) is 13.0 Å². The fourth-order valence-corrected chi connectivity index (χ4v) is 1.80. The number of hydrogen-bond donors (Lipinski definition) is 1. The van der Waals surface area contributed by atoms with E-state index in [0.29, 0.717) is 0 Å². The van der Waals surface area contributed by atoms with Crippen LogP contribution in [0.25, 0.3) is 0 Å². The van der Waals surface area contributed by atoms with Gasteiger partial charge in [0, 0.05) is 6.54 Å². The van der Waals surface area contributed by atoms with Gasteiger partial charge in [-0.25, -0.2) is 0 Å². The van der Waals surface area contributed by atoms with Gasteiger partial charge in [0.15, 0.2) is 0 Å². The van der Waals surface area contributed by atoms with Crippen molar-refractivity contribution < 1.29 is 9.90 Å². The fourth-order valence-electron chi connectivity index (χ4n) is 1.80. The minimum absolute atomic E-state index is 0.740. The fraction of sp³-hybridized carbons (Fsp3) is 0.533. The van der Waals surface area contributed by atoms with Gasteiger partial charge < -0.3 is 5.11 Å². The zero-order valence-electron chi connectivity index (χ0n) is 11.9. The summed E-state index contributed by atoms with van der Waals surface area (Å²) in [4.78, 5) is 13.0. The molecule has 0 bridgehead atoms. The second kappa shape index (κ2) is 5.53. The average Bonchev–Trinajstić information content (AvgIpc) is 2.29. The minimum atomic E-state index is -0.822. The molecule has 0 aromatic heterocycles. The number of rotatable bonds is 5. The molecule has 1 rings (SSSR count). The molecule has 1 aromatic rings. The van der Waals surface area contributed by atoms with E-state index in [9.17, 15) is 4.79 Å². The summed E-state index contributed by atoms with van der Waals surface area (Å²) in [5.41, 5.74) is 2.98. The molecule has 0 unspecified atom stereocenters. The molecule has 100 valence electrons. The number of aryl methyl sites for hydroxylation is 2. The van der Waals surface area contributed by atoms with Crippen LogP contribution in [0.4, 0.5) is 0 Å². The third-order valence-electron chi connectivity index (χ3n) is 3.70. The second-order valence-corrected chi connectivity index (χ2v) is 5.47. The highest BCUT2D eigenvalue weighted by molar-refractivity contribution is 5.77. The molecule has 1 aromatic carbocycles. The molecule has 0 amide bonds. The number of carboxylic acid groups (broad SMARTS) is 1. The van der Waals surface area contributed by atoms with Crippen LogP contribution in [0.15, 0.2) is 18.2 Å². The van der Waals surface area contributed by atoms with Crippen LogP contribution in [0.2, 0.25) is 0 Å². The summed E-state index contributed by atoms with van der Waals surface area (Å²) in [6.45, 7) is 8.38. The van der Waals surface area contributed by atoms with E-state index in [4.69, 9.17) is 5.11 Å². The van der Waals surface area contributed by atoms with Gasteiger partial charge >= 0.3 is 5.97 Å². The zero-order chi connectivity index (χ0) is 13.9. The van der Waals surface area contributed by atoms with E-state index in [2.05, 4.69) is 32.0 Å². The lowest BCUT2D eigenvalue weighted by Gasteiger charge is -2.31. The summed E-state index contributed by atoms with van der Waals surface area (Å²) in [6, 6.07) is 6.40. The summed E-state index contributed by atoms with van der Waals surface area (Å²) >= 11 is 0. The standard InChI is InChI=1S/C15H23NO2/c1-11-6-7-12(2)13(10-11)8-9-16(5)15(3,4)14(17)18/h6-7,10H,8-9H2,1-5H3,(H,17,18). The Morgan fingerprint density at radius 3 is 2.50 bits per heavy atom. The number of hydrogen-bond acceptors (Lipinski definition) is 2. The number of carbonyl (C=O) groups is 1. The van der Waals surface area contributed by atoms with Crippen molar-refractivity contribution in [1.82, 2.24) is 4.90 Å². The molecule has 1 N–H and O–H groups in total. The van der Waals surface area contributed by atoms with E-state index < -0.39 is 11.5 Å². The van der Waals surface area contributed by atoms with Crippen molar-refractivity contribution in [2.75, 3.05) is 13.6 Å². The summed E-state index contributed by atoms with van der Waals surface area (Å²) in [5, 5.41) is 9.17. The van der Waals surface area contributed by atoms with Crippen LogP contribution in [-0.2, 0) is 11.2 Å². The van der Waals surface area contributed by atoms with Crippen molar-refractivity contribution in [2.45, 2.75) is 39.7 Å². The van der Waals surface area contributed by atoms with Crippen LogP contribution in [0.3, 0.4) is 0 Å². The molecule has 18 heavy (non-hydrogen) atoms. The van der Waals surface area contributed by atoms with Gasteiger partial charge in [-0.2, -0.15) is 0 Å². The first-order valence-electron chi connectivity index (χ1n) is 6.26. The van der Waals surface area contributed by atoms with Crippen molar-refractivity contribution in [1.29, 1.82) is 0 Å². The molecule has 0 heterocycles. The maximum absolute atomic E-state index is 11.2. The summed E-state index contributed by atoms with van der Waals surface area (Å²) in [5.74, 6) is -0.786. The molecule has 0 aliphatic carbocycles. The largest absolute Gasteiger partial charge is 0.480 e. The lowest BCUT2D eigenvalue weighted by atomic mass is 10.00. The van der Waals surface area contributed by atoms with Crippen molar-refractivity contribution >= 4 is 5.97 Å². The van der Waals surface area contributed by atoms with Gasteiger partial charge in [0.25, 0.3) is 0 Å². The van der Waals surface area contributed by atoms with Crippen molar-refractivity contribution in [2.24, 2.45) is 0 Å². The molecular weight excluding hydrogens is 226 g/mol. The van der Waals surface area contributed by atoms with Gasteiger partial charge in [0.1, 0.15) is 5.54 Å². The van der Waals surface area contributed by atoms with E-state index in [1.807, 2.05) is 11.9 Å². The van der Waals surface area contributed by atoms with E-state index in [1.54, 1.807) is 13.8 Å². The number of carboxylic acids is 1. The van der Waals surface area contributed by atoms with Crippen molar-refractivity contribution in [3.63, 3.8) is 0 Å². The van der Waals surface area contributed by atoms with Crippen molar-refractivity contribution in [3.05, 3.63) is 34.9 Å². The van der Waals surface area contributed by atoms with Crippen LogP contribution in [0.1, 0.15) is 30.5 Å².